The number of rotatable bonds is 6. The van der Waals surface area contributed by atoms with Crippen molar-refractivity contribution in [3.05, 3.63) is 70.4 Å². The second-order valence-corrected chi connectivity index (χ2v) is 6.31. The SMILES string of the molecule is C=CCN(Cc1nc(-c2ccc(Cl)cc2)no1)C(=O)c1ccc(Br)o1. The molecule has 0 aliphatic heterocycles. The van der Waals surface area contributed by atoms with Gasteiger partial charge in [0, 0.05) is 17.1 Å². The molecule has 25 heavy (non-hydrogen) atoms. The van der Waals surface area contributed by atoms with Gasteiger partial charge in [-0.05, 0) is 52.3 Å². The average molecular weight is 423 g/mol. The predicted octanol–water partition coefficient (Wildman–Crippen LogP) is 4.57. The molecular weight excluding hydrogens is 410 g/mol. The van der Waals surface area contributed by atoms with Gasteiger partial charge in [-0.25, -0.2) is 0 Å². The average Bonchev–Trinajstić information content (AvgIpc) is 3.24. The van der Waals surface area contributed by atoms with E-state index in [-0.39, 0.29) is 18.2 Å². The van der Waals surface area contributed by atoms with E-state index >= 15 is 0 Å². The molecule has 2 aromatic heterocycles. The summed E-state index contributed by atoms with van der Waals surface area (Å²) in [6, 6.07) is 10.3. The van der Waals surface area contributed by atoms with Gasteiger partial charge >= 0.3 is 0 Å². The van der Waals surface area contributed by atoms with Gasteiger partial charge in [0.25, 0.3) is 5.91 Å². The third-order valence-corrected chi connectivity index (χ3v) is 4.00. The lowest BCUT2D eigenvalue weighted by atomic mass is 10.2. The number of hydrogen-bond acceptors (Lipinski definition) is 5. The molecule has 128 valence electrons. The highest BCUT2D eigenvalue weighted by Crippen LogP contribution is 2.20. The second-order valence-electron chi connectivity index (χ2n) is 5.10. The van der Waals surface area contributed by atoms with Crippen molar-refractivity contribution >= 4 is 33.4 Å². The summed E-state index contributed by atoms with van der Waals surface area (Å²) in [4.78, 5) is 18.3. The number of carbonyl (C=O) groups is 1. The van der Waals surface area contributed by atoms with Crippen molar-refractivity contribution in [2.24, 2.45) is 0 Å². The highest BCUT2D eigenvalue weighted by Gasteiger charge is 2.21. The summed E-state index contributed by atoms with van der Waals surface area (Å²) in [6.45, 7) is 4.13. The zero-order valence-corrected chi connectivity index (χ0v) is 15.3. The van der Waals surface area contributed by atoms with Crippen LogP contribution >= 0.6 is 27.5 Å². The molecule has 0 aliphatic rings. The fourth-order valence-electron chi connectivity index (χ4n) is 2.16. The molecule has 0 saturated heterocycles. The van der Waals surface area contributed by atoms with E-state index in [1.165, 1.54) is 4.90 Å². The predicted molar refractivity (Wildman–Crippen MR) is 96.1 cm³/mol. The monoisotopic (exact) mass is 421 g/mol. The minimum atomic E-state index is -0.295. The maximum Gasteiger partial charge on any atom is 0.290 e. The lowest BCUT2D eigenvalue weighted by Crippen LogP contribution is -2.30. The van der Waals surface area contributed by atoms with Crippen molar-refractivity contribution in [3.63, 3.8) is 0 Å². The second kappa shape index (κ2) is 7.67. The Hall–Kier alpha value is -2.38. The van der Waals surface area contributed by atoms with E-state index in [9.17, 15) is 4.79 Å². The number of benzene rings is 1. The van der Waals surface area contributed by atoms with Crippen LogP contribution in [0.3, 0.4) is 0 Å². The maximum absolute atomic E-state index is 12.5. The molecule has 0 fully saturated rings. The minimum Gasteiger partial charge on any atom is -0.444 e. The van der Waals surface area contributed by atoms with E-state index in [4.69, 9.17) is 20.5 Å². The van der Waals surface area contributed by atoms with E-state index in [0.29, 0.717) is 28.0 Å². The summed E-state index contributed by atoms with van der Waals surface area (Å²) in [5.74, 6) is 0.659. The molecule has 0 aliphatic carbocycles. The number of halogens is 2. The Balaban J connectivity index is 1.77. The molecule has 3 aromatic rings. The van der Waals surface area contributed by atoms with Crippen LogP contribution in [0.4, 0.5) is 0 Å². The lowest BCUT2D eigenvalue weighted by molar-refractivity contribution is 0.0712. The third kappa shape index (κ3) is 4.18. The van der Waals surface area contributed by atoms with Gasteiger partial charge in [0.05, 0.1) is 0 Å². The van der Waals surface area contributed by atoms with Crippen LogP contribution in [0.15, 0.2) is 62.7 Å². The fourth-order valence-corrected chi connectivity index (χ4v) is 2.59. The van der Waals surface area contributed by atoms with Gasteiger partial charge in [-0.15, -0.1) is 6.58 Å². The van der Waals surface area contributed by atoms with Crippen LogP contribution in [0.1, 0.15) is 16.4 Å². The number of nitrogens with zero attached hydrogens (tertiary/aromatic N) is 3. The molecule has 1 amide bonds. The normalized spacial score (nSPS) is 10.6. The quantitative estimate of drug-likeness (QED) is 0.544. The fraction of sp³-hybridized carbons (Fsp3) is 0.118. The van der Waals surface area contributed by atoms with Crippen LogP contribution in [0.5, 0.6) is 0 Å². The van der Waals surface area contributed by atoms with Crippen LogP contribution in [-0.4, -0.2) is 27.5 Å². The van der Waals surface area contributed by atoms with Gasteiger partial charge in [0.2, 0.25) is 11.7 Å². The highest BCUT2D eigenvalue weighted by molar-refractivity contribution is 9.10. The molecule has 3 rings (SSSR count). The van der Waals surface area contributed by atoms with Crippen molar-refractivity contribution in [3.8, 4) is 11.4 Å². The molecule has 0 radical (unpaired) electrons. The van der Waals surface area contributed by atoms with E-state index in [1.54, 1.807) is 42.5 Å². The molecule has 0 unspecified atom stereocenters. The molecule has 8 heteroatoms. The molecule has 6 nitrogen and oxygen atoms in total. The minimum absolute atomic E-state index is 0.143. The van der Waals surface area contributed by atoms with Gasteiger partial charge in [0.15, 0.2) is 10.4 Å². The first-order valence-electron chi connectivity index (χ1n) is 7.31. The summed E-state index contributed by atoms with van der Waals surface area (Å²) in [6.07, 6.45) is 1.62. The number of hydrogen-bond donors (Lipinski definition) is 0. The Morgan fingerprint density at radius 3 is 2.68 bits per heavy atom. The summed E-state index contributed by atoms with van der Waals surface area (Å²) in [5, 5.41) is 4.57. The van der Waals surface area contributed by atoms with Gasteiger partial charge in [-0.2, -0.15) is 4.98 Å². The number of furan rings is 1. The first-order valence-corrected chi connectivity index (χ1v) is 8.48. The van der Waals surface area contributed by atoms with E-state index in [2.05, 4.69) is 32.6 Å². The zero-order chi connectivity index (χ0) is 17.8. The molecule has 0 saturated carbocycles. The Morgan fingerprint density at radius 2 is 2.04 bits per heavy atom. The van der Waals surface area contributed by atoms with E-state index < -0.39 is 0 Å². The molecule has 0 bridgehead atoms. The Bertz CT molecular complexity index is 889. The van der Waals surface area contributed by atoms with E-state index in [1.807, 2.05) is 0 Å². The summed E-state index contributed by atoms with van der Waals surface area (Å²) in [7, 11) is 0. The third-order valence-electron chi connectivity index (χ3n) is 3.32. The van der Waals surface area contributed by atoms with Gasteiger partial charge in [0.1, 0.15) is 6.54 Å². The molecule has 0 N–H and O–H groups in total. The van der Waals surface area contributed by atoms with Gasteiger partial charge < -0.3 is 13.8 Å². The van der Waals surface area contributed by atoms with Crippen molar-refractivity contribution in [2.45, 2.75) is 6.54 Å². The summed E-state index contributed by atoms with van der Waals surface area (Å²) in [5.41, 5.74) is 0.774. The summed E-state index contributed by atoms with van der Waals surface area (Å²) >= 11 is 9.05. The lowest BCUT2D eigenvalue weighted by Gasteiger charge is -2.17. The molecule has 0 spiro atoms. The highest BCUT2D eigenvalue weighted by atomic mass is 79.9. The standard InChI is InChI=1S/C17H13BrClN3O3/c1-2-9-22(17(23)13-7-8-14(18)24-13)10-15-20-16(21-25-15)11-3-5-12(19)6-4-11/h2-8H,1,9-10H2. The van der Waals surface area contributed by atoms with Crippen LogP contribution in [0.25, 0.3) is 11.4 Å². The van der Waals surface area contributed by atoms with Crippen molar-refractivity contribution in [1.29, 1.82) is 0 Å². The smallest absolute Gasteiger partial charge is 0.290 e. The van der Waals surface area contributed by atoms with E-state index in [0.717, 1.165) is 5.56 Å². The number of aromatic nitrogens is 2. The molecule has 1 aromatic carbocycles. The topological polar surface area (TPSA) is 72.4 Å². The Kier molecular flexibility index (Phi) is 5.35. The van der Waals surface area contributed by atoms with Crippen LogP contribution in [0, 0.1) is 0 Å². The first kappa shape index (κ1) is 17.4. The van der Waals surface area contributed by atoms with Crippen molar-refractivity contribution in [1.82, 2.24) is 15.0 Å². The maximum atomic E-state index is 12.5. The molecule has 0 atom stereocenters. The Morgan fingerprint density at radius 1 is 1.28 bits per heavy atom. The van der Waals surface area contributed by atoms with Gasteiger partial charge in [-0.3, -0.25) is 4.79 Å². The largest absolute Gasteiger partial charge is 0.444 e. The van der Waals surface area contributed by atoms with Crippen LogP contribution in [-0.2, 0) is 6.54 Å². The first-order chi connectivity index (χ1) is 12.1. The van der Waals surface area contributed by atoms with Gasteiger partial charge in [-0.1, -0.05) is 22.8 Å². The Labute approximate surface area is 157 Å². The van der Waals surface area contributed by atoms with Crippen LogP contribution in [0.2, 0.25) is 5.02 Å². The number of amides is 1. The molecule has 2 heterocycles. The van der Waals surface area contributed by atoms with Crippen molar-refractivity contribution in [2.75, 3.05) is 6.54 Å². The van der Waals surface area contributed by atoms with Crippen LogP contribution < -0.4 is 0 Å². The zero-order valence-electron chi connectivity index (χ0n) is 13.0. The number of carbonyl (C=O) groups excluding carboxylic acids is 1. The summed E-state index contributed by atoms with van der Waals surface area (Å²) < 4.78 is 11.0. The van der Waals surface area contributed by atoms with Crippen molar-refractivity contribution < 1.29 is 13.7 Å². The molecular formula is C17H13BrClN3O3.